The molecule has 1 aliphatic heterocycles. The number of aromatic nitrogens is 2. The largest absolute Gasteiger partial charge is 0.350 e. The molecule has 7 heteroatoms. The first-order valence-corrected chi connectivity index (χ1v) is 12.3. The van der Waals surface area contributed by atoms with Crippen molar-refractivity contribution in [3.05, 3.63) is 35.8 Å². The third-order valence-corrected chi connectivity index (χ3v) is 8.48. The highest BCUT2D eigenvalue weighted by molar-refractivity contribution is 5.95. The Kier molecular flexibility index (Phi) is 4.79. The molecular formula is C25H33N5O2. The minimum Gasteiger partial charge on any atom is -0.350 e. The van der Waals surface area contributed by atoms with E-state index in [-0.39, 0.29) is 17.9 Å². The molecule has 4 bridgehead atoms. The molecule has 32 heavy (non-hydrogen) atoms. The normalized spacial score (nSPS) is 33.6. The second kappa shape index (κ2) is 7.58. The van der Waals surface area contributed by atoms with E-state index in [1.54, 1.807) is 15.5 Å². The Hall–Kier alpha value is -2.41. The number of amides is 2. The lowest BCUT2D eigenvalue weighted by atomic mass is 9.49. The van der Waals surface area contributed by atoms with Crippen molar-refractivity contribution in [3.8, 4) is 0 Å². The van der Waals surface area contributed by atoms with Crippen molar-refractivity contribution in [2.45, 2.75) is 57.4 Å². The van der Waals surface area contributed by atoms with Crippen molar-refractivity contribution in [1.82, 2.24) is 19.6 Å². The average molecular weight is 436 g/mol. The van der Waals surface area contributed by atoms with Crippen LogP contribution < -0.4 is 11.1 Å². The minimum atomic E-state index is -0.108. The van der Waals surface area contributed by atoms with Crippen LogP contribution in [0.15, 0.2) is 24.4 Å². The van der Waals surface area contributed by atoms with E-state index in [9.17, 15) is 9.59 Å². The predicted molar refractivity (Wildman–Crippen MR) is 121 cm³/mol. The Bertz CT molecular complexity index is 1020. The van der Waals surface area contributed by atoms with E-state index in [1.807, 2.05) is 18.2 Å². The fourth-order valence-electron chi connectivity index (χ4n) is 7.52. The summed E-state index contributed by atoms with van der Waals surface area (Å²) in [5.41, 5.74) is 7.88. The molecule has 5 fully saturated rings. The number of nitrogens with one attached hydrogen (secondary N) is 1. The van der Waals surface area contributed by atoms with E-state index in [2.05, 4.69) is 10.3 Å². The molecule has 2 aromatic heterocycles. The predicted octanol–water partition coefficient (Wildman–Crippen LogP) is 2.84. The van der Waals surface area contributed by atoms with E-state index in [4.69, 9.17) is 5.73 Å². The molecule has 1 saturated heterocycles. The molecule has 170 valence electrons. The minimum absolute atomic E-state index is 0.0238. The number of fused-ring (bicyclic) bond motifs is 1. The molecule has 7 nitrogen and oxygen atoms in total. The molecule has 0 aromatic carbocycles. The van der Waals surface area contributed by atoms with Gasteiger partial charge >= 0.3 is 0 Å². The summed E-state index contributed by atoms with van der Waals surface area (Å²) in [5, 5.41) is 3.26. The summed E-state index contributed by atoms with van der Waals surface area (Å²) >= 11 is 0. The standard InChI is InChI=1S/C25H33N5O2/c26-19-3-2-6-29(13-19)24(32)20-14-30-21(4-1-5-22(30)28-20)23(31)27-15-25-10-16-7-17(11-25)9-18(8-16)12-25/h1,4-5,14,16-19H,2-3,6-13,15,26H2,(H,27,31). The Morgan fingerprint density at radius 3 is 2.53 bits per heavy atom. The van der Waals surface area contributed by atoms with Crippen molar-refractivity contribution in [3.63, 3.8) is 0 Å². The van der Waals surface area contributed by atoms with Gasteiger partial charge in [-0.05, 0) is 86.7 Å². The van der Waals surface area contributed by atoms with E-state index >= 15 is 0 Å². The van der Waals surface area contributed by atoms with E-state index in [1.165, 1.54) is 38.5 Å². The van der Waals surface area contributed by atoms with Crippen molar-refractivity contribution in [1.29, 1.82) is 0 Å². The summed E-state index contributed by atoms with van der Waals surface area (Å²) in [4.78, 5) is 32.5. The zero-order chi connectivity index (χ0) is 21.9. The molecule has 3 heterocycles. The summed E-state index contributed by atoms with van der Waals surface area (Å²) in [6.45, 7) is 2.03. The molecule has 0 radical (unpaired) electrons. The maximum atomic E-state index is 13.2. The van der Waals surface area contributed by atoms with Crippen molar-refractivity contribution in [2.75, 3.05) is 19.6 Å². The first-order chi connectivity index (χ1) is 15.5. The van der Waals surface area contributed by atoms with Gasteiger partial charge in [-0.1, -0.05) is 6.07 Å². The number of imidazole rings is 1. The van der Waals surface area contributed by atoms with Gasteiger partial charge < -0.3 is 16.0 Å². The van der Waals surface area contributed by atoms with Crippen LogP contribution in [0.2, 0.25) is 0 Å². The Labute approximate surface area is 188 Å². The van der Waals surface area contributed by atoms with Crippen LogP contribution in [0.25, 0.3) is 5.65 Å². The molecule has 7 rings (SSSR count). The smallest absolute Gasteiger partial charge is 0.274 e. The fourth-order valence-corrected chi connectivity index (χ4v) is 7.52. The van der Waals surface area contributed by atoms with Crippen LogP contribution >= 0.6 is 0 Å². The average Bonchev–Trinajstić information content (AvgIpc) is 3.20. The molecule has 5 aliphatic rings. The monoisotopic (exact) mass is 435 g/mol. The van der Waals surface area contributed by atoms with Crippen LogP contribution in [-0.2, 0) is 0 Å². The third-order valence-electron chi connectivity index (χ3n) is 8.48. The first-order valence-electron chi connectivity index (χ1n) is 12.3. The number of hydrogen-bond donors (Lipinski definition) is 2. The van der Waals surface area contributed by atoms with Gasteiger partial charge in [-0.2, -0.15) is 0 Å². The SMILES string of the molecule is NC1CCCN(C(=O)c2cn3c(C(=O)NCC45CC6CC(CC(C6)C4)C5)cccc3n2)C1. The molecule has 2 aromatic rings. The summed E-state index contributed by atoms with van der Waals surface area (Å²) in [5.74, 6) is 2.41. The second-order valence-corrected chi connectivity index (χ2v) is 11.0. The number of pyridine rings is 1. The number of likely N-dealkylation sites (tertiary alicyclic amines) is 1. The molecule has 4 aliphatic carbocycles. The van der Waals surface area contributed by atoms with Crippen molar-refractivity contribution < 1.29 is 9.59 Å². The van der Waals surface area contributed by atoms with Gasteiger partial charge in [-0.15, -0.1) is 0 Å². The number of carbonyl (C=O) groups is 2. The number of rotatable bonds is 4. The van der Waals surface area contributed by atoms with Crippen LogP contribution in [0, 0.1) is 23.2 Å². The Balaban J connectivity index is 1.19. The van der Waals surface area contributed by atoms with Gasteiger partial charge in [0.05, 0.1) is 0 Å². The molecule has 3 N–H and O–H groups in total. The van der Waals surface area contributed by atoms with Gasteiger partial charge in [0.2, 0.25) is 0 Å². The van der Waals surface area contributed by atoms with Crippen LogP contribution in [-0.4, -0.2) is 51.8 Å². The molecular weight excluding hydrogens is 402 g/mol. The first kappa shape index (κ1) is 20.2. The Morgan fingerprint density at radius 2 is 1.84 bits per heavy atom. The zero-order valence-corrected chi connectivity index (χ0v) is 18.6. The van der Waals surface area contributed by atoms with Crippen molar-refractivity contribution >= 4 is 17.5 Å². The summed E-state index contributed by atoms with van der Waals surface area (Å²) < 4.78 is 1.76. The van der Waals surface area contributed by atoms with E-state index in [0.717, 1.165) is 37.1 Å². The summed E-state index contributed by atoms with van der Waals surface area (Å²) in [7, 11) is 0. The van der Waals surface area contributed by atoms with Crippen LogP contribution in [0.1, 0.15) is 72.3 Å². The van der Waals surface area contributed by atoms with Crippen LogP contribution in [0.5, 0.6) is 0 Å². The molecule has 1 atom stereocenters. The highest BCUT2D eigenvalue weighted by Gasteiger charge is 2.50. The van der Waals surface area contributed by atoms with Gasteiger partial charge in [-0.25, -0.2) is 4.98 Å². The van der Waals surface area contributed by atoms with Gasteiger partial charge in [0.25, 0.3) is 11.8 Å². The summed E-state index contributed by atoms with van der Waals surface area (Å²) in [6.07, 6.45) is 11.6. The zero-order valence-electron chi connectivity index (χ0n) is 18.6. The highest BCUT2D eigenvalue weighted by Crippen LogP contribution is 2.59. The Morgan fingerprint density at radius 1 is 1.12 bits per heavy atom. The molecule has 2 amide bonds. The van der Waals surface area contributed by atoms with E-state index < -0.39 is 0 Å². The molecule has 1 unspecified atom stereocenters. The van der Waals surface area contributed by atoms with E-state index in [0.29, 0.717) is 35.5 Å². The summed E-state index contributed by atoms with van der Waals surface area (Å²) in [6, 6.07) is 5.52. The fraction of sp³-hybridized carbons (Fsp3) is 0.640. The highest BCUT2D eigenvalue weighted by atomic mass is 16.2. The quantitative estimate of drug-likeness (QED) is 0.772. The lowest BCUT2D eigenvalue weighted by Crippen LogP contribution is -2.51. The van der Waals surface area contributed by atoms with Gasteiger partial charge in [0.1, 0.15) is 17.0 Å². The third kappa shape index (κ3) is 3.51. The maximum Gasteiger partial charge on any atom is 0.274 e. The lowest BCUT2D eigenvalue weighted by Gasteiger charge is -2.56. The second-order valence-electron chi connectivity index (χ2n) is 11.0. The van der Waals surface area contributed by atoms with Crippen molar-refractivity contribution in [2.24, 2.45) is 28.9 Å². The number of nitrogens with two attached hydrogens (primary N) is 1. The van der Waals surface area contributed by atoms with Crippen LogP contribution in [0.3, 0.4) is 0 Å². The number of carbonyl (C=O) groups excluding carboxylic acids is 2. The van der Waals surface area contributed by atoms with Crippen LogP contribution in [0.4, 0.5) is 0 Å². The number of hydrogen-bond acceptors (Lipinski definition) is 4. The molecule has 4 saturated carbocycles. The maximum absolute atomic E-state index is 13.2. The molecule has 0 spiro atoms. The van der Waals surface area contributed by atoms with Gasteiger partial charge in [0.15, 0.2) is 0 Å². The van der Waals surface area contributed by atoms with Gasteiger partial charge in [-0.3, -0.25) is 14.0 Å². The lowest BCUT2D eigenvalue weighted by molar-refractivity contribution is -0.0503. The number of nitrogens with zero attached hydrogens (tertiary/aromatic N) is 3. The number of piperidine rings is 1. The topological polar surface area (TPSA) is 92.7 Å². The van der Waals surface area contributed by atoms with Gasteiger partial charge in [0, 0.05) is 31.9 Å².